The summed E-state index contributed by atoms with van der Waals surface area (Å²) in [5.41, 5.74) is 2.82. The number of benzene rings is 2. The summed E-state index contributed by atoms with van der Waals surface area (Å²) in [6.45, 7) is 6.49. The summed E-state index contributed by atoms with van der Waals surface area (Å²) in [6, 6.07) is 19.3. The molecule has 3 N–H and O–H groups in total. The number of nitrogens with one attached hydrogen (secondary N) is 2. The maximum absolute atomic E-state index is 11.2. The molecule has 1 unspecified atom stereocenters. The molecular formula is C25H34N4O. The average molecular weight is 407 g/mol. The van der Waals surface area contributed by atoms with Gasteiger partial charge in [-0.3, -0.25) is 4.90 Å². The predicted octanol–water partition coefficient (Wildman–Crippen LogP) is 3.04. The molecule has 0 aromatic heterocycles. The van der Waals surface area contributed by atoms with Crippen LogP contribution in [-0.2, 0) is 18.6 Å². The minimum atomic E-state index is -0.849. The molecule has 1 aliphatic heterocycles. The van der Waals surface area contributed by atoms with E-state index in [9.17, 15) is 5.11 Å². The van der Waals surface area contributed by atoms with E-state index in [2.05, 4.69) is 58.9 Å². The molecule has 30 heavy (non-hydrogen) atoms. The summed E-state index contributed by atoms with van der Waals surface area (Å²) in [5, 5.41) is 18.1. The van der Waals surface area contributed by atoms with Crippen LogP contribution < -0.4 is 10.6 Å². The van der Waals surface area contributed by atoms with E-state index in [-0.39, 0.29) is 0 Å². The van der Waals surface area contributed by atoms with Crippen LogP contribution in [0.25, 0.3) is 0 Å². The Morgan fingerprint density at radius 1 is 1.10 bits per heavy atom. The van der Waals surface area contributed by atoms with Gasteiger partial charge in [0.25, 0.3) is 0 Å². The molecule has 2 aromatic carbocycles. The molecule has 5 heteroatoms. The van der Waals surface area contributed by atoms with Crippen molar-refractivity contribution in [3.63, 3.8) is 0 Å². The third kappa shape index (κ3) is 5.02. The second-order valence-electron chi connectivity index (χ2n) is 8.56. The Hall–Kier alpha value is -2.37. The highest BCUT2D eigenvalue weighted by Gasteiger charge is 2.36. The van der Waals surface area contributed by atoms with E-state index < -0.39 is 5.60 Å². The van der Waals surface area contributed by atoms with E-state index in [0.29, 0.717) is 12.6 Å². The SMILES string of the molecule is CCNC(=NCC1(O)CCc2ccccc21)NC1CCN(Cc2ccccc2)CC1. The van der Waals surface area contributed by atoms with Crippen LogP contribution in [0.2, 0.25) is 0 Å². The molecule has 1 heterocycles. The monoisotopic (exact) mass is 406 g/mol. The summed E-state index contributed by atoms with van der Waals surface area (Å²) in [6.07, 6.45) is 3.87. The van der Waals surface area contributed by atoms with Crippen LogP contribution in [0.3, 0.4) is 0 Å². The number of piperidine rings is 1. The number of rotatable bonds is 6. The number of aliphatic imine (C=N–C) groups is 1. The van der Waals surface area contributed by atoms with Crippen LogP contribution in [0, 0.1) is 0 Å². The van der Waals surface area contributed by atoms with Crippen molar-refractivity contribution in [3.05, 3.63) is 71.3 Å². The number of aliphatic hydroxyl groups is 1. The Morgan fingerprint density at radius 3 is 2.60 bits per heavy atom. The van der Waals surface area contributed by atoms with E-state index in [1.54, 1.807) is 0 Å². The van der Waals surface area contributed by atoms with Crippen molar-refractivity contribution in [2.45, 2.75) is 50.8 Å². The van der Waals surface area contributed by atoms with Gasteiger partial charge in [-0.2, -0.15) is 0 Å². The van der Waals surface area contributed by atoms with Gasteiger partial charge < -0.3 is 15.7 Å². The number of hydrogen-bond acceptors (Lipinski definition) is 3. The molecule has 5 nitrogen and oxygen atoms in total. The lowest BCUT2D eigenvalue weighted by molar-refractivity contribution is 0.0485. The van der Waals surface area contributed by atoms with Gasteiger partial charge in [-0.25, -0.2) is 4.99 Å². The second kappa shape index (κ2) is 9.63. The normalized spacial score (nSPS) is 22.7. The van der Waals surface area contributed by atoms with Crippen LogP contribution in [0.4, 0.5) is 0 Å². The van der Waals surface area contributed by atoms with Crippen molar-refractivity contribution in [3.8, 4) is 0 Å². The van der Waals surface area contributed by atoms with E-state index in [0.717, 1.165) is 63.4 Å². The van der Waals surface area contributed by atoms with E-state index >= 15 is 0 Å². The lowest BCUT2D eigenvalue weighted by Gasteiger charge is -2.33. The largest absolute Gasteiger partial charge is 0.383 e. The third-order valence-corrected chi connectivity index (χ3v) is 6.35. The molecule has 2 aliphatic rings. The maximum atomic E-state index is 11.2. The number of fused-ring (bicyclic) bond motifs is 1. The van der Waals surface area contributed by atoms with E-state index in [1.807, 2.05) is 18.2 Å². The highest BCUT2D eigenvalue weighted by Crippen LogP contribution is 2.36. The molecule has 160 valence electrons. The Morgan fingerprint density at radius 2 is 1.83 bits per heavy atom. The molecule has 4 rings (SSSR count). The van der Waals surface area contributed by atoms with Crippen molar-refractivity contribution in [1.29, 1.82) is 0 Å². The minimum absolute atomic E-state index is 0.395. The Kier molecular flexibility index (Phi) is 6.70. The molecule has 0 saturated carbocycles. The molecule has 2 aromatic rings. The molecule has 1 fully saturated rings. The first kappa shape index (κ1) is 20.9. The van der Waals surface area contributed by atoms with Gasteiger partial charge in [0.2, 0.25) is 0 Å². The van der Waals surface area contributed by atoms with Crippen molar-refractivity contribution >= 4 is 5.96 Å². The molecule has 0 bridgehead atoms. The van der Waals surface area contributed by atoms with Crippen molar-refractivity contribution < 1.29 is 5.11 Å². The fourth-order valence-electron chi connectivity index (χ4n) is 4.63. The lowest BCUT2D eigenvalue weighted by atomic mass is 9.96. The molecular weight excluding hydrogens is 372 g/mol. The second-order valence-corrected chi connectivity index (χ2v) is 8.56. The minimum Gasteiger partial charge on any atom is -0.383 e. The zero-order chi connectivity index (χ0) is 20.8. The van der Waals surface area contributed by atoms with Gasteiger partial charge in [0, 0.05) is 32.2 Å². The lowest BCUT2D eigenvalue weighted by Crippen LogP contribution is -2.49. The Balaban J connectivity index is 1.32. The van der Waals surface area contributed by atoms with Gasteiger partial charge in [-0.1, -0.05) is 54.6 Å². The third-order valence-electron chi connectivity index (χ3n) is 6.35. The van der Waals surface area contributed by atoms with Crippen LogP contribution in [-0.4, -0.2) is 48.2 Å². The number of likely N-dealkylation sites (tertiary alicyclic amines) is 1. The summed E-state index contributed by atoms with van der Waals surface area (Å²) < 4.78 is 0. The average Bonchev–Trinajstić information content (AvgIpc) is 3.12. The van der Waals surface area contributed by atoms with Crippen LogP contribution >= 0.6 is 0 Å². The highest BCUT2D eigenvalue weighted by atomic mass is 16.3. The van der Waals surface area contributed by atoms with E-state index in [1.165, 1.54) is 11.1 Å². The summed E-state index contributed by atoms with van der Waals surface area (Å²) in [5.74, 6) is 0.816. The molecule has 0 spiro atoms. The van der Waals surface area contributed by atoms with Gasteiger partial charge >= 0.3 is 0 Å². The fourth-order valence-corrected chi connectivity index (χ4v) is 4.63. The highest BCUT2D eigenvalue weighted by molar-refractivity contribution is 5.80. The first-order valence-corrected chi connectivity index (χ1v) is 11.3. The van der Waals surface area contributed by atoms with Gasteiger partial charge in [0.05, 0.1) is 6.54 Å². The molecule has 1 aliphatic carbocycles. The Labute approximate surface area is 180 Å². The smallest absolute Gasteiger partial charge is 0.191 e. The van der Waals surface area contributed by atoms with Crippen LogP contribution in [0.1, 0.15) is 42.9 Å². The summed E-state index contributed by atoms with van der Waals surface area (Å²) in [7, 11) is 0. The fraction of sp³-hybridized carbons (Fsp3) is 0.480. The zero-order valence-electron chi connectivity index (χ0n) is 18.0. The quantitative estimate of drug-likeness (QED) is 0.510. The summed E-state index contributed by atoms with van der Waals surface area (Å²) >= 11 is 0. The predicted molar refractivity (Wildman–Crippen MR) is 123 cm³/mol. The van der Waals surface area contributed by atoms with Crippen LogP contribution in [0.5, 0.6) is 0 Å². The van der Waals surface area contributed by atoms with Gasteiger partial charge in [-0.15, -0.1) is 0 Å². The number of hydrogen-bond donors (Lipinski definition) is 3. The van der Waals surface area contributed by atoms with Crippen molar-refractivity contribution in [2.75, 3.05) is 26.2 Å². The standard InChI is InChI=1S/C25H34N4O/c1-2-26-24(27-19-25(30)15-12-21-10-6-7-11-23(21)25)28-22-13-16-29(17-14-22)18-20-8-4-3-5-9-20/h3-11,22,30H,2,12-19H2,1H3,(H2,26,27,28). The van der Waals surface area contributed by atoms with Crippen LogP contribution in [0.15, 0.2) is 59.6 Å². The topological polar surface area (TPSA) is 59.9 Å². The molecule has 0 amide bonds. The van der Waals surface area contributed by atoms with Gasteiger partial charge in [0.1, 0.15) is 5.60 Å². The van der Waals surface area contributed by atoms with Crippen molar-refractivity contribution in [2.24, 2.45) is 4.99 Å². The summed E-state index contributed by atoms with van der Waals surface area (Å²) in [4.78, 5) is 7.30. The zero-order valence-corrected chi connectivity index (χ0v) is 18.0. The van der Waals surface area contributed by atoms with Gasteiger partial charge in [-0.05, 0) is 49.3 Å². The van der Waals surface area contributed by atoms with Gasteiger partial charge in [0.15, 0.2) is 5.96 Å². The number of guanidine groups is 1. The number of nitrogens with zero attached hydrogens (tertiary/aromatic N) is 2. The van der Waals surface area contributed by atoms with E-state index in [4.69, 9.17) is 4.99 Å². The Bertz CT molecular complexity index is 845. The first-order chi connectivity index (χ1) is 14.7. The molecule has 0 radical (unpaired) electrons. The maximum Gasteiger partial charge on any atom is 0.191 e. The van der Waals surface area contributed by atoms with Crippen molar-refractivity contribution in [1.82, 2.24) is 15.5 Å². The molecule has 1 atom stereocenters. The first-order valence-electron chi connectivity index (χ1n) is 11.3. The molecule has 1 saturated heterocycles. The number of aryl methyl sites for hydroxylation is 1.